The second-order valence-electron chi connectivity index (χ2n) is 4.24. The van der Waals surface area contributed by atoms with Gasteiger partial charge in [-0.2, -0.15) is 0 Å². The first-order valence-electron chi connectivity index (χ1n) is 5.88. The molecule has 0 radical (unpaired) electrons. The smallest absolute Gasteiger partial charge is 0.319 e. The third kappa shape index (κ3) is 3.25. The second-order valence-corrected chi connectivity index (χ2v) is 4.24. The van der Waals surface area contributed by atoms with Crippen LogP contribution in [0.25, 0.3) is 0 Å². The highest BCUT2D eigenvalue weighted by Crippen LogP contribution is 2.13. The number of urea groups is 1. The molecule has 0 spiro atoms. The van der Waals surface area contributed by atoms with E-state index in [1.807, 2.05) is 13.8 Å². The summed E-state index contributed by atoms with van der Waals surface area (Å²) in [4.78, 5) is 11.7. The van der Waals surface area contributed by atoms with Gasteiger partial charge < -0.3 is 20.9 Å². The maximum atomic E-state index is 11.7. The number of nitrogens with two attached hydrogens (primary N) is 1. The average Bonchev–Trinajstić information content (AvgIpc) is 2.67. The van der Waals surface area contributed by atoms with E-state index < -0.39 is 0 Å². The summed E-state index contributed by atoms with van der Waals surface area (Å²) in [5, 5.41) is 9.27. The fourth-order valence-corrected chi connectivity index (χ4v) is 1.71. The van der Waals surface area contributed by atoms with Gasteiger partial charge in [-0.15, -0.1) is 0 Å². The molecule has 0 aliphatic carbocycles. The number of hydrogen-bond donors (Lipinski definition) is 3. The van der Waals surface area contributed by atoms with Crippen LogP contribution in [-0.2, 0) is 6.54 Å². The number of aromatic nitrogens is 1. The van der Waals surface area contributed by atoms with Crippen LogP contribution in [0.3, 0.4) is 0 Å². The minimum atomic E-state index is -0.300. The zero-order valence-corrected chi connectivity index (χ0v) is 10.9. The van der Waals surface area contributed by atoms with Crippen molar-refractivity contribution in [1.82, 2.24) is 10.5 Å². The van der Waals surface area contributed by atoms with Gasteiger partial charge in [0, 0.05) is 23.5 Å². The maximum Gasteiger partial charge on any atom is 0.319 e. The molecule has 1 aromatic heterocycles. The highest BCUT2D eigenvalue weighted by atomic mass is 16.5. The number of amides is 2. The van der Waals surface area contributed by atoms with Crippen molar-refractivity contribution in [2.75, 3.05) is 11.1 Å². The quantitative estimate of drug-likeness (QED) is 0.737. The fraction of sp³-hybridized carbons (Fsp3) is 0.231. The summed E-state index contributed by atoms with van der Waals surface area (Å²) in [6, 6.07) is 6.69. The Hall–Kier alpha value is -2.50. The Morgan fingerprint density at radius 2 is 2.21 bits per heavy atom. The topological polar surface area (TPSA) is 93.2 Å². The number of carbonyl (C=O) groups is 1. The van der Waals surface area contributed by atoms with Crippen LogP contribution in [0.2, 0.25) is 0 Å². The van der Waals surface area contributed by atoms with E-state index in [1.165, 1.54) is 0 Å². The number of nitrogens with one attached hydrogen (secondary N) is 2. The molecule has 19 heavy (non-hydrogen) atoms. The molecule has 2 amide bonds. The number of benzene rings is 1. The molecule has 0 aliphatic heterocycles. The average molecular weight is 260 g/mol. The van der Waals surface area contributed by atoms with Crippen LogP contribution in [0.5, 0.6) is 0 Å². The van der Waals surface area contributed by atoms with Gasteiger partial charge in [-0.25, -0.2) is 4.79 Å². The summed E-state index contributed by atoms with van der Waals surface area (Å²) >= 11 is 0. The van der Waals surface area contributed by atoms with Gasteiger partial charge in [-0.05, 0) is 32.0 Å². The monoisotopic (exact) mass is 260 g/mol. The van der Waals surface area contributed by atoms with Crippen molar-refractivity contribution in [3.63, 3.8) is 0 Å². The minimum Gasteiger partial charge on any atom is -0.399 e. The molecular weight excluding hydrogens is 244 g/mol. The fourth-order valence-electron chi connectivity index (χ4n) is 1.71. The molecule has 0 fully saturated rings. The summed E-state index contributed by atoms with van der Waals surface area (Å²) in [6.07, 6.45) is 0. The molecular formula is C13H16N4O2. The molecule has 1 heterocycles. The lowest BCUT2D eigenvalue weighted by Crippen LogP contribution is -2.28. The van der Waals surface area contributed by atoms with E-state index in [1.54, 1.807) is 24.3 Å². The summed E-state index contributed by atoms with van der Waals surface area (Å²) in [7, 11) is 0. The molecule has 100 valence electrons. The van der Waals surface area contributed by atoms with Crippen molar-refractivity contribution in [2.24, 2.45) is 0 Å². The van der Waals surface area contributed by atoms with Crippen molar-refractivity contribution in [3.8, 4) is 0 Å². The van der Waals surface area contributed by atoms with E-state index in [0.29, 0.717) is 23.7 Å². The highest BCUT2D eigenvalue weighted by Gasteiger charge is 2.10. The highest BCUT2D eigenvalue weighted by molar-refractivity contribution is 5.89. The van der Waals surface area contributed by atoms with Gasteiger partial charge in [-0.3, -0.25) is 0 Å². The van der Waals surface area contributed by atoms with Crippen LogP contribution in [0.4, 0.5) is 16.2 Å². The maximum absolute atomic E-state index is 11.7. The normalized spacial score (nSPS) is 10.2. The largest absolute Gasteiger partial charge is 0.399 e. The van der Waals surface area contributed by atoms with Crippen LogP contribution >= 0.6 is 0 Å². The molecule has 6 heteroatoms. The molecule has 0 unspecified atom stereocenters. The Morgan fingerprint density at radius 3 is 2.84 bits per heavy atom. The second kappa shape index (κ2) is 5.43. The summed E-state index contributed by atoms with van der Waals surface area (Å²) < 4.78 is 5.02. The predicted octanol–water partition coefficient (Wildman–Crippen LogP) is 2.20. The summed E-state index contributed by atoms with van der Waals surface area (Å²) in [5.41, 5.74) is 8.55. The molecule has 0 atom stereocenters. The molecule has 1 aromatic carbocycles. The summed E-state index contributed by atoms with van der Waals surface area (Å²) in [6.45, 7) is 4.02. The first kappa shape index (κ1) is 12.9. The van der Waals surface area contributed by atoms with Crippen molar-refractivity contribution in [2.45, 2.75) is 20.4 Å². The van der Waals surface area contributed by atoms with E-state index in [4.69, 9.17) is 10.3 Å². The minimum absolute atomic E-state index is 0.300. The zero-order valence-electron chi connectivity index (χ0n) is 10.9. The number of hydrogen-bond acceptors (Lipinski definition) is 4. The number of nitrogen functional groups attached to an aromatic ring is 1. The molecule has 2 aromatic rings. The first-order valence-corrected chi connectivity index (χ1v) is 5.88. The number of anilines is 2. The van der Waals surface area contributed by atoms with E-state index >= 15 is 0 Å². The van der Waals surface area contributed by atoms with E-state index in [0.717, 1.165) is 11.3 Å². The van der Waals surface area contributed by atoms with Gasteiger partial charge in [0.05, 0.1) is 5.69 Å². The third-order valence-corrected chi connectivity index (χ3v) is 2.75. The Kier molecular flexibility index (Phi) is 3.70. The zero-order chi connectivity index (χ0) is 13.8. The number of nitrogens with zero attached hydrogens (tertiary/aromatic N) is 1. The van der Waals surface area contributed by atoms with Gasteiger partial charge in [-0.1, -0.05) is 11.2 Å². The lowest BCUT2D eigenvalue weighted by Gasteiger charge is -2.07. The van der Waals surface area contributed by atoms with Crippen molar-refractivity contribution >= 4 is 17.4 Å². The molecule has 0 bridgehead atoms. The molecule has 0 aliphatic rings. The first-order chi connectivity index (χ1) is 9.06. The number of rotatable bonds is 3. The van der Waals surface area contributed by atoms with Crippen LogP contribution < -0.4 is 16.4 Å². The Balaban J connectivity index is 1.92. The lowest BCUT2D eigenvalue weighted by atomic mass is 10.2. The SMILES string of the molecule is Cc1noc(C)c1CNC(=O)Nc1cccc(N)c1. The van der Waals surface area contributed by atoms with Crippen molar-refractivity contribution in [3.05, 3.63) is 41.3 Å². The Bertz CT molecular complexity index is 573. The van der Waals surface area contributed by atoms with Gasteiger partial charge in [0.25, 0.3) is 0 Å². The predicted molar refractivity (Wildman–Crippen MR) is 72.7 cm³/mol. The van der Waals surface area contributed by atoms with Crippen molar-refractivity contribution in [1.29, 1.82) is 0 Å². The summed E-state index contributed by atoms with van der Waals surface area (Å²) in [5.74, 6) is 0.710. The van der Waals surface area contributed by atoms with E-state index in [2.05, 4.69) is 15.8 Å². The number of aryl methyl sites for hydroxylation is 2. The van der Waals surface area contributed by atoms with E-state index in [9.17, 15) is 4.79 Å². The molecule has 4 N–H and O–H groups in total. The van der Waals surface area contributed by atoms with Gasteiger partial charge in [0.1, 0.15) is 5.76 Å². The van der Waals surface area contributed by atoms with Crippen molar-refractivity contribution < 1.29 is 9.32 Å². The van der Waals surface area contributed by atoms with Crippen LogP contribution in [0, 0.1) is 13.8 Å². The van der Waals surface area contributed by atoms with Crippen LogP contribution in [0.15, 0.2) is 28.8 Å². The van der Waals surface area contributed by atoms with Gasteiger partial charge in [0.2, 0.25) is 0 Å². The van der Waals surface area contributed by atoms with E-state index in [-0.39, 0.29) is 6.03 Å². The number of carbonyl (C=O) groups excluding carboxylic acids is 1. The Morgan fingerprint density at radius 1 is 1.42 bits per heavy atom. The Labute approximate surface area is 111 Å². The molecule has 0 saturated heterocycles. The van der Waals surface area contributed by atoms with Gasteiger partial charge >= 0.3 is 6.03 Å². The van der Waals surface area contributed by atoms with Crippen LogP contribution in [0.1, 0.15) is 17.0 Å². The lowest BCUT2D eigenvalue weighted by molar-refractivity contribution is 0.251. The molecule has 6 nitrogen and oxygen atoms in total. The standard InChI is InChI=1S/C13H16N4O2/c1-8-12(9(2)19-17-8)7-15-13(18)16-11-5-3-4-10(14)6-11/h3-6H,7,14H2,1-2H3,(H2,15,16,18). The van der Waals surface area contributed by atoms with Gasteiger partial charge in [0.15, 0.2) is 0 Å². The molecule has 2 rings (SSSR count). The van der Waals surface area contributed by atoms with Crippen LogP contribution in [-0.4, -0.2) is 11.2 Å². The molecule has 0 saturated carbocycles. The third-order valence-electron chi connectivity index (χ3n) is 2.75.